The van der Waals surface area contributed by atoms with Gasteiger partial charge in [0.05, 0.1) is 5.60 Å². The van der Waals surface area contributed by atoms with Crippen molar-refractivity contribution in [2.24, 2.45) is 5.92 Å². The van der Waals surface area contributed by atoms with Crippen molar-refractivity contribution in [2.45, 2.75) is 56.7 Å². The molecule has 4 heteroatoms. The number of rotatable bonds is 3. The summed E-state index contributed by atoms with van der Waals surface area (Å²) in [6.45, 7) is 5.20. The van der Waals surface area contributed by atoms with Crippen LogP contribution in [0, 0.1) is 5.92 Å². The van der Waals surface area contributed by atoms with Gasteiger partial charge in [0.15, 0.2) is 0 Å². The third kappa shape index (κ3) is 3.46. The Morgan fingerprint density at radius 3 is 2.79 bits per heavy atom. The van der Waals surface area contributed by atoms with E-state index in [9.17, 15) is 0 Å². The van der Waals surface area contributed by atoms with E-state index in [4.69, 9.17) is 9.47 Å². The molecule has 110 valence electrons. The van der Waals surface area contributed by atoms with Crippen LogP contribution >= 0.6 is 11.8 Å². The maximum atomic E-state index is 6.10. The molecule has 0 aromatic rings. The minimum absolute atomic E-state index is 0.204. The van der Waals surface area contributed by atoms with Gasteiger partial charge in [0.2, 0.25) is 0 Å². The summed E-state index contributed by atoms with van der Waals surface area (Å²) in [5.74, 6) is 3.28. The van der Waals surface area contributed by atoms with Gasteiger partial charge in [0, 0.05) is 37.7 Å². The summed E-state index contributed by atoms with van der Waals surface area (Å²) in [7, 11) is 0. The van der Waals surface area contributed by atoms with E-state index in [1.807, 2.05) is 0 Å². The first-order chi connectivity index (χ1) is 9.27. The second kappa shape index (κ2) is 6.33. The highest BCUT2D eigenvalue weighted by atomic mass is 32.2. The topological polar surface area (TPSA) is 30.5 Å². The number of hydrogen-bond acceptors (Lipinski definition) is 4. The van der Waals surface area contributed by atoms with Gasteiger partial charge >= 0.3 is 0 Å². The van der Waals surface area contributed by atoms with Crippen LogP contribution in [0.4, 0.5) is 0 Å². The summed E-state index contributed by atoms with van der Waals surface area (Å²) in [5.41, 5.74) is 0.204. The molecule has 3 atom stereocenters. The predicted molar refractivity (Wildman–Crippen MR) is 79.8 cm³/mol. The zero-order valence-electron chi connectivity index (χ0n) is 12.0. The number of hydrogen-bond donors (Lipinski definition) is 1. The highest BCUT2D eigenvalue weighted by Crippen LogP contribution is 2.38. The van der Waals surface area contributed by atoms with Crippen LogP contribution in [0.3, 0.4) is 0 Å². The van der Waals surface area contributed by atoms with Crippen molar-refractivity contribution in [3.63, 3.8) is 0 Å². The lowest BCUT2D eigenvalue weighted by molar-refractivity contribution is -0.0726. The molecule has 0 bridgehead atoms. The Labute approximate surface area is 121 Å². The third-order valence-corrected chi connectivity index (χ3v) is 6.25. The molecule has 3 nitrogen and oxygen atoms in total. The van der Waals surface area contributed by atoms with Crippen LogP contribution in [0.2, 0.25) is 0 Å². The van der Waals surface area contributed by atoms with E-state index >= 15 is 0 Å². The molecule has 0 aromatic heterocycles. The Balaban J connectivity index is 1.51. The first kappa shape index (κ1) is 14.2. The predicted octanol–water partition coefficient (Wildman–Crippen LogP) is 2.45. The van der Waals surface area contributed by atoms with Gasteiger partial charge in [-0.15, -0.1) is 0 Å². The van der Waals surface area contributed by atoms with Gasteiger partial charge in [-0.25, -0.2) is 0 Å². The number of nitrogens with one attached hydrogen (secondary N) is 1. The van der Waals surface area contributed by atoms with Crippen LogP contribution in [0.1, 0.15) is 39.0 Å². The maximum Gasteiger partial charge on any atom is 0.0795 e. The Morgan fingerprint density at radius 1 is 1.21 bits per heavy atom. The van der Waals surface area contributed by atoms with Crippen LogP contribution in [0.15, 0.2) is 0 Å². The van der Waals surface area contributed by atoms with Crippen molar-refractivity contribution in [1.29, 1.82) is 0 Å². The molecule has 3 fully saturated rings. The summed E-state index contributed by atoms with van der Waals surface area (Å²) in [5, 5.41) is 3.89. The van der Waals surface area contributed by atoms with Crippen LogP contribution < -0.4 is 5.32 Å². The summed E-state index contributed by atoms with van der Waals surface area (Å²) in [6, 6.07) is 1.28. The van der Waals surface area contributed by atoms with Crippen molar-refractivity contribution in [3.05, 3.63) is 0 Å². The first-order valence-corrected chi connectivity index (χ1v) is 8.98. The van der Waals surface area contributed by atoms with E-state index in [1.54, 1.807) is 0 Å². The average molecular weight is 285 g/mol. The van der Waals surface area contributed by atoms with Crippen LogP contribution in [0.25, 0.3) is 0 Å². The second-order valence-corrected chi connectivity index (χ2v) is 7.53. The molecular formula is C15H27NO2S. The van der Waals surface area contributed by atoms with E-state index in [2.05, 4.69) is 24.0 Å². The minimum atomic E-state index is 0.204. The van der Waals surface area contributed by atoms with Crippen molar-refractivity contribution in [1.82, 2.24) is 5.32 Å². The van der Waals surface area contributed by atoms with E-state index in [0.29, 0.717) is 12.1 Å². The van der Waals surface area contributed by atoms with Crippen LogP contribution in [-0.4, -0.2) is 49.0 Å². The minimum Gasteiger partial charge on any atom is -0.381 e. The quantitative estimate of drug-likeness (QED) is 0.863. The summed E-state index contributed by atoms with van der Waals surface area (Å²) >= 11 is 2.06. The van der Waals surface area contributed by atoms with Crippen molar-refractivity contribution in [2.75, 3.05) is 31.3 Å². The Kier molecular flexibility index (Phi) is 4.73. The second-order valence-electron chi connectivity index (χ2n) is 6.43. The highest BCUT2D eigenvalue weighted by Gasteiger charge is 2.40. The molecule has 0 aliphatic carbocycles. The fourth-order valence-electron chi connectivity index (χ4n) is 3.76. The third-order valence-electron chi connectivity index (χ3n) is 5.03. The van der Waals surface area contributed by atoms with Gasteiger partial charge in [-0.1, -0.05) is 0 Å². The van der Waals surface area contributed by atoms with Crippen molar-refractivity contribution in [3.8, 4) is 0 Å². The molecule has 19 heavy (non-hydrogen) atoms. The van der Waals surface area contributed by atoms with Crippen molar-refractivity contribution < 1.29 is 9.47 Å². The molecular weight excluding hydrogens is 258 g/mol. The molecule has 3 aliphatic heterocycles. The van der Waals surface area contributed by atoms with Gasteiger partial charge in [-0.2, -0.15) is 11.8 Å². The van der Waals surface area contributed by atoms with Crippen LogP contribution in [-0.2, 0) is 9.47 Å². The number of thioether (sulfide) groups is 1. The molecule has 1 spiro atoms. The fraction of sp³-hybridized carbons (Fsp3) is 1.00. The molecule has 3 aliphatic rings. The summed E-state index contributed by atoms with van der Waals surface area (Å²) in [4.78, 5) is 0. The maximum absolute atomic E-state index is 6.10. The molecule has 0 aromatic carbocycles. The molecule has 0 saturated carbocycles. The Bertz CT molecular complexity index is 288. The lowest BCUT2D eigenvalue weighted by atomic mass is 9.87. The van der Waals surface area contributed by atoms with Gasteiger partial charge in [-0.3, -0.25) is 0 Å². The molecule has 0 amide bonds. The SMILES string of the molecule is CC(NC1CCOC2(CCSC2)C1)C1CCOCC1. The van der Waals surface area contributed by atoms with Crippen molar-refractivity contribution >= 4 is 11.8 Å². The molecule has 3 unspecified atom stereocenters. The van der Waals surface area contributed by atoms with E-state index in [1.165, 1.54) is 43.6 Å². The standard InChI is InChI=1S/C15H27NO2S/c1-12(13-2-6-17-7-3-13)16-14-4-8-18-15(10-14)5-9-19-11-15/h12-14,16H,2-11H2,1H3. The highest BCUT2D eigenvalue weighted by molar-refractivity contribution is 7.99. The molecule has 1 N–H and O–H groups in total. The first-order valence-electron chi connectivity index (χ1n) is 7.83. The monoisotopic (exact) mass is 285 g/mol. The van der Waals surface area contributed by atoms with E-state index < -0.39 is 0 Å². The Hall–Kier alpha value is 0.230. The average Bonchev–Trinajstić information content (AvgIpc) is 2.88. The van der Waals surface area contributed by atoms with Gasteiger partial charge in [0.1, 0.15) is 0 Å². The smallest absolute Gasteiger partial charge is 0.0795 e. The van der Waals surface area contributed by atoms with E-state index in [-0.39, 0.29) is 5.60 Å². The summed E-state index contributed by atoms with van der Waals surface area (Å²) < 4.78 is 11.6. The molecule has 0 radical (unpaired) electrons. The normalized spacial score (nSPS) is 38.7. The summed E-state index contributed by atoms with van der Waals surface area (Å²) in [6.07, 6.45) is 6.09. The fourth-order valence-corrected chi connectivity index (χ4v) is 5.14. The van der Waals surface area contributed by atoms with Crippen LogP contribution in [0.5, 0.6) is 0 Å². The van der Waals surface area contributed by atoms with E-state index in [0.717, 1.165) is 25.7 Å². The molecule has 3 heterocycles. The lowest BCUT2D eigenvalue weighted by Crippen LogP contribution is -2.51. The van der Waals surface area contributed by atoms with Gasteiger partial charge < -0.3 is 14.8 Å². The van der Waals surface area contributed by atoms with Gasteiger partial charge in [0.25, 0.3) is 0 Å². The lowest BCUT2D eigenvalue weighted by Gasteiger charge is -2.40. The zero-order valence-corrected chi connectivity index (χ0v) is 12.8. The molecule has 3 saturated heterocycles. The number of ether oxygens (including phenoxy) is 2. The Morgan fingerprint density at radius 2 is 2.05 bits per heavy atom. The zero-order chi connectivity index (χ0) is 13.1. The largest absolute Gasteiger partial charge is 0.381 e. The van der Waals surface area contributed by atoms with Gasteiger partial charge in [-0.05, 0) is 50.7 Å². The molecule has 3 rings (SSSR count).